The number of rotatable bonds is 11. The number of methoxy groups -OCH3 is 1. The van der Waals surface area contributed by atoms with Crippen molar-refractivity contribution in [2.45, 2.75) is 45.5 Å². The number of hydrogen-bond acceptors (Lipinski definition) is 7. The summed E-state index contributed by atoms with van der Waals surface area (Å²) in [6.07, 6.45) is 2.18. The van der Waals surface area contributed by atoms with E-state index in [0.717, 1.165) is 29.7 Å². The Balaban J connectivity index is 1.47. The lowest BCUT2D eigenvalue weighted by Crippen LogP contribution is -2.25. The summed E-state index contributed by atoms with van der Waals surface area (Å²) < 4.78 is 46.0. The predicted octanol–water partition coefficient (Wildman–Crippen LogP) is 4.91. The van der Waals surface area contributed by atoms with Crippen LogP contribution in [0.4, 0.5) is 8.78 Å². The third-order valence-electron chi connectivity index (χ3n) is 5.13. The summed E-state index contributed by atoms with van der Waals surface area (Å²) in [6, 6.07) is 12.9. The van der Waals surface area contributed by atoms with E-state index in [1.54, 1.807) is 26.2 Å². The van der Waals surface area contributed by atoms with Crippen molar-refractivity contribution in [1.29, 1.82) is 0 Å². The van der Waals surface area contributed by atoms with Gasteiger partial charge in [0.25, 0.3) is 0 Å². The minimum absolute atomic E-state index is 0.0320. The highest BCUT2D eigenvalue weighted by Gasteiger charge is 2.30. The predicted molar refractivity (Wildman–Crippen MR) is 113 cm³/mol. The summed E-state index contributed by atoms with van der Waals surface area (Å²) >= 11 is 0. The second-order valence-corrected chi connectivity index (χ2v) is 7.47. The number of halogens is 2. The zero-order valence-electron chi connectivity index (χ0n) is 18.0. The van der Waals surface area contributed by atoms with Gasteiger partial charge in [-0.3, -0.25) is 4.90 Å². The van der Waals surface area contributed by atoms with Crippen molar-refractivity contribution >= 4 is 0 Å². The molecule has 7 nitrogen and oxygen atoms in total. The standard InChI is InChI=1S/C23H25F2N3O4/c1-3-30-20-12-15(4-11-19(20)31-23(24)25)13-28(17-7-8-17)14-21-26-22(27-32-21)16-5-9-18(29-2)10-6-16/h4-6,9-12,17,23H,3,7-8,13-14H2,1-2H3. The van der Waals surface area contributed by atoms with Gasteiger partial charge < -0.3 is 18.7 Å². The van der Waals surface area contributed by atoms with Gasteiger partial charge in [-0.2, -0.15) is 13.8 Å². The molecule has 170 valence electrons. The molecule has 0 bridgehead atoms. The van der Waals surface area contributed by atoms with Gasteiger partial charge in [-0.1, -0.05) is 11.2 Å². The van der Waals surface area contributed by atoms with Crippen molar-refractivity contribution in [3.63, 3.8) is 0 Å². The van der Waals surface area contributed by atoms with E-state index in [4.69, 9.17) is 14.0 Å². The van der Waals surface area contributed by atoms with Crippen molar-refractivity contribution in [3.8, 4) is 28.6 Å². The lowest BCUT2D eigenvalue weighted by molar-refractivity contribution is -0.0514. The summed E-state index contributed by atoms with van der Waals surface area (Å²) in [5.74, 6) is 2.13. The quantitative estimate of drug-likeness (QED) is 0.415. The molecule has 3 aromatic rings. The van der Waals surface area contributed by atoms with Crippen LogP contribution < -0.4 is 14.2 Å². The fraction of sp³-hybridized carbons (Fsp3) is 0.391. The first kappa shape index (κ1) is 22.0. The van der Waals surface area contributed by atoms with Gasteiger partial charge in [0.1, 0.15) is 5.75 Å². The molecule has 1 saturated carbocycles. The Morgan fingerprint density at radius 2 is 1.88 bits per heavy atom. The van der Waals surface area contributed by atoms with Gasteiger partial charge in [0.05, 0.1) is 20.3 Å². The molecule has 0 radical (unpaired) electrons. The lowest BCUT2D eigenvalue weighted by Gasteiger charge is -2.21. The van der Waals surface area contributed by atoms with E-state index < -0.39 is 6.61 Å². The molecule has 0 atom stereocenters. The molecule has 0 saturated heterocycles. The molecule has 0 unspecified atom stereocenters. The molecular weight excluding hydrogens is 420 g/mol. The molecule has 4 rings (SSSR count). The SMILES string of the molecule is CCOc1cc(CN(Cc2nc(-c3ccc(OC)cc3)no2)C2CC2)ccc1OC(F)F. The maximum absolute atomic E-state index is 12.7. The maximum atomic E-state index is 12.7. The fourth-order valence-corrected chi connectivity index (χ4v) is 3.45. The van der Waals surface area contributed by atoms with Crippen LogP contribution in [0.3, 0.4) is 0 Å². The highest BCUT2D eigenvalue weighted by Crippen LogP contribution is 2.33. The summed E-state index contributed by atoms with van der Waals surface area (Å²) in [4.78, 5) is 6.77. The molecule has 2 aromatic carbocycles. The Labute approximate surface area is 184 Å². The van der Waals surface area contributed by atoms with Crippen LogP contribution in [-0.2, 0) is 13.1 Å². The Kier molecular flexibility index (Phi) is 6.84. The molecule has 1 heterocycles. The van der Waals surface area contributed by atoms with E-state index in [9.17, 15) is 8.78 Å². The summed E-state index contributed by atoms with van der Waals surface area (Å²) in [5.41, 5.74) is 1.77. The Hall–Kier alpha value is -3.20. The van der Waals surface area contributed by atoms with Gasteiger partial charge in [-0.05, 0) is 61.7 Å². The zero-order chi connectivity index (χ0) is 22.5. The minimum Gasteiger partial charge on any atom is -0.497 e. The zero-order valence-corrected chi connectivity index (χ0v) is 18.0. The van der Waals surface area contributed by atoms with Gasteiger partial charge in [-0.15, -0.1) is 0 Å². The topological polar surface area (TPSA) is 69.9 Å². The van der Waals surface area contributed by atoms with Crippen LogP contribution in [0.25, 0.3) is 11.4 Å². The first-order valence-corrected chi connectivity index (χ1v) is 10.5. The largest absolute Gasteiger partial charge is 0.497 e. The third kappa shape index (κ3) is 5.53. The Morgan fingerprint density at radius 1 is 1.09 bits per heavy atom. The van der Waals surface area contributed by atoms with Crippen LogP contribution in [0, 0.1) is 0 Å². The van der Waals surface area contributed by atoms with Crippen molar-refractivity contribution in [2.24, 2.45) is 0 Å². The van der Waals surface area contributed by atoms with E-state index in [2.05, 4.69) is 19.8 Å². The smallest absolute Gasteiger partial charge is 0.387 e. The molecule has 0 amide bonds. The highest BCUT2D eigenvalue weighted by atomic mass is 19.3. The van der Waals surface area contributed by atoms with E-state index in [0.29, 0.717) is 43.2 Å². The van der Waals surface area contributed by atoms with Crippen molar-refractivity contribution in [1.82, 2.24) is 15.0 Å². The summed E-state index contributed by atoms with van der Waals surface area (Å²) in [7, 11) is 1.62. The number of benzene rings is 2. The molecule has 32 heavy (non-hydrogen) atoms. The maximum Gasteiger partial charge on any atom is 0.387 e. The second kappa shape index (κ2) is 9.95. The molecule has 1 aliphatic rings. The third-order valence-corrected chi connectivity index (χ3v) is 5.13. The van der Waals surface area contributed by atoms with Crippen LogP contribution in [0.2, 0.25) is 0 Å². The number of nitrogens with zero attached hydrogens (tertiary/aromatic N) is 3. The van der Waals surface area contributed by atoms with Crippen LogP contribution in [-0.4, -0.2) is 41.4 Å². The molecule has 1 aliphatic carbocycles. The number of aromatic nitrogens is 2. The highest BCUT2D eigenvalue weighted by molar-refractivity contribution is 5.55. The van der Waals surface area contributed by atoms with Gasteiger partial charge in [0.15, 0.2) is 11.5 Å². The molecule has 9 heteroatoms. The lowest BCUT2D eigenvalue weighted by atomic mass is 10.2. The van der Waals surface area contributed by atoms with Gasteiger partial charge in [-0.25, -0.2) is 0 Å². The summed E-state index contributed by atoms with van der Waals surface area (Å²) in [5, 5.41) is 4.10. The summed E-state index contributed by atoms with van der Waals surface area (Å²) in [6.45, 7) is 0.338. The van der Waals surface area contributed by atoms with Crippen LogP contribution in [0.5, 0.6) is 17.2 Å². The Bertz CT molecular complexity index is 1020. The number of hydrogen-bond donors (Lipinski definition) is 0. The number of ether oxygens (including phenoxy) is 3. The molecule has 0 spiro atoms. The molecule has 1 aromatic heterocycles. The minimum atomic E-state index is -2.90. The average molecular weight is 445 g/mol. The van der Waals surface area contributed by atoms with Crippen LogP contribution in [0.15, 0.2) is 47.0 Å². The van der Waals surface area contributed by atoms with E-state index in [1.807, 2.05) is 24.3 Å². The fourth-order valence-electron chi connectivity index (χ4n) is 3.45. The molecule has 0 N–H and O–H groups in total. The van der Waals surface area contributed by atoms with Gasteiger partial charge in [0.2, 0.25) is 11.7 Å². The van der Waals surface area contributed by atoms with E-state index in [-0.39, 0.29) is 5.75 Å². The van der Waals surface area contributed by atoms with Crippen molar-refractivity contribution in [2.75, 3.05) is 13.7 Å². The van der Waals surface area contributed by atoms with Crippen molar-refractivity contribution < 1.29 is 27.5 Å². The molecule has 1 fully saturated rings. The number of alkyl halides is 2. The second-order valence-electron chi connectivity index (χ2n) is 7.47. The van der Waals surface area contributed by atoms with Crippen molar-refractivity contribution in [3.05, 3.63) is 53.9 Å². The van der Waals surface area contributed by atoms with Gasteiger partial charge in [0, 0.05) is 18.2 Å². The average Bonchev–Trinajstić information content (AvgIpc) is 3.54. The van der Waals surface area contributed by atoms with Crippen LogP contribution in [0.1, 0.15) is 31.2 Å². The van der Waals surface area contributed by atoms with E-state index in [1.165, 1.54) is 6.07 Å². The first-order chi connectivity index (χ1) is 15.6. The monoisotopic (exact) mass is 445 g/mol. The van der Waals surface area contributed by atoms with Gasteiger partial charge >= 0.3 is 6.61 Å². The molecular formula is C23H25F2N3O4. The normalized spacial score (nSPS) is 13.6. The van der Waals surface area contributed by atoms with Crippen LogP contribution >= 0.6 is 0 Å². The molecule has 0 aliphatic heterocycles. The van der Waals surface area contributed by atoms with E-state index >= 15 is 0 Å². The first-order valence-electron chi connectivity index (χ1n) is 10.5. The Morgan fingerprint density at radius 3 is 2.53 bits per heavy atom.